The summed E-state index contributed by atoms with van der Waals surface area (Å²) in [6, 6.07) is -0.0563. The van der Waals surface area contributed by atoms with Crippen molar-refractivity contribution in [3.63, 3.8) is 0 Å². The summed E-state index contributed by atoms with van der Waals surface area (Å²) in [5.41, 5.74) is 3.11. The van der Waals surface area contributed by atoms with Crippen LogP contribution < -0.4 is 4.90 Å². The monoisotopic (exact) mass is 397 g/mol. The highest BCUT2D eigenvalue weighted by atomic mass is 32.2. The minimum Gasteiger partial charge on any atom is -0.338 e. The molecule has 0 aromatic carbocycles. The summed E-state index contributed by atoms with van der Waals surface area (Å²) in [7, 11) is -0.893. The van der Waals surface area contributed by atoms with Crippen molar-refractivity contribution in [3.8, 4) is 0 Å². The number of amides is 1. The number of aryl methyl sites for hydroxylation is 1. The standard InChI is InChI=1S/C19H32N4O3S/c1-14-6-5-8-22(10-14)19(24)12-21(4)11-18-15(2)20-23(16(18)3)17-7-9-27(25,26)13-17/h14,17H,5-13H2,1-4H3/p+1/t14-,17+/m0/s1. The molecule has 3 rings (SSSR count). The van der Waals surface area contributed by atoms with E-state index in [9.17, 15) is 13.2 Å². The molecule has 8 heteroatoms. The molecule has 0 radical (unpaired) electrons. The Bertz CT molecular complexity index is 802. The van der Waals surface area contributed by atoms with Crippen LogP contribution in [0, 0.1) is 19.8 Å². The van der Waals surface area contributed by atoms with Gasteiger partial charge in [-0.15, -0.1) is 0 Å². The number of hydrogen-bond donors (Lipinski definition) is 1. The Morgan fingerprint density at radius 3 is 2.67 bits per heavy atom. The first-order valence-corrected chi connectivity index (χ1v) is 11.8. The largest absolute Gasteiger partial charge is 0.338 e. The summed E-state index contributed by atoms with van der Waals surface area (Å²) in [5, 5.41) is 4.63. The Balaban J connectivity index is 1.64. The van der Waals surface area contributed by atoms with Crippen molar-refractivity contribution in [1.29, 1.82) is 0 Å². The SMILES string of the molecule is Cc1nn([C@@H]2CCS(=O)(=O)C2)c(C)c1C[NH+](C)CC(=O)N1CCC[C@H](C)C1. The quantitative estimate of drug-likeness (QED) is 0.766. The smallest absolute Gasteiger partial charge is 0.277 e. The van der Waals surface area contributed by atoms with Crippen LogP contribution in [0.5, 0.6) is 0 Å². The number of piperidine rings is 1. The van der Waals surface area contributed by atoms with Gasteiger partial charge in [-0.3, -0.25) is 9.48 Å². The third-order valence-electron chi connectivity index (χ3n) is 5.97. The lowest BCUT2D eigenvalue weighted by Gasteiger charge is -2.31. The van der Waals surface area contributed by atoms with Gasteiger partial charge in [0.05, 0.1) is 35.9 Å². The average Bonchev–Trinajstić information content (AvgIpc) is 3.08. The van der Waals surface area contributed by atoms with Gasteiger partial charge in [0.15, 0.2) is 16.4 Å². The summed E-state index contributed by atoms with van der Waals surface area (Å²) in [6.45, 7) is 9.16. The fraction of sp³-hybridized carbons (Fsp3) is 0.789. The molecule has 2 aliphatic heterocycles. The summed E-state index contributed by atoms with van der Waals surface area (Å²) in [5.74, 6) is 1.25. The van der Waals surface area contributed by atoms with Crippen LogP contribution in [-0.2, 0) is 21.2 Å². The number of hydrogen-bond acceptors (Lipinski definition) is 4. The predicted molar refractivity (Wildman–Crippen MR) is 104 cm³/mol. The molecule has 0 saturated carbocycles. The van der Waals surface area contributed by atoms with E-state index in [1.807, 2.05) is 30.5 Å². The van der Waals surface area contributed by atoms with Crippen LogP contribution in [0.3, 0.4) is 0 Å². The van der Waals surface area contributed by atoms with Crippen LogP contribution in [-0.4, -0.2) is 67.2 Å². The summed E-state index contributed by atoms with van der Waals surface area (Å²) in [4.78, 5) is 15.8. The van der Waals surface area contributed by atoms with E-state index in [-0.39, 0.29) is 23.5 Å². The van der Waals surface area contributed by atoms with E-state index in [0.29, 0.717) is 18.9 Å². The van der Waals surface area contributed by atoms with E-state index >= 15 is 0 Å². The molecular formula is C19H33N4O3S+. The number of rotatable bonds is 5. The van der Waals surface area contributed by atoms with E-state index in [0.717, 1.165) is 47.9 Å². The van der Waals surface area contributed by atoms with Crippen molar-refractivity contribution in [3.05, 3.63) is 17.0 Å². The van der Waals surface area contributed by atoms with Crippen molar-refractivity contribution >= 4 is 15.7 Å². The van der Waals surface area contributed by atoms with Crippen molar-refractivity contribution in [2.75, 3.05) is 38.2 Å². The number of likely N-dealkylation sites (tertiary alicyclic amines) is 1. The Morgan fingerprint density at radius 2 is 2.04 bits per heavy atom. The number of aromatic nitrogens is 2. The second-order valence-electron chi connectivity index (χ2n) is 8.55. The van der Waals surface area contributed by atoms with Gasteiger partial charge in [-0.2, -0.15) is 5.10 Å². The molecule has 2 fully saturated rings. The van der Waals surface area contributed by atoms with Gasteiger partial charge in [-0.05, 0) is 39.0 Å². The normalized spacial score (nSPS) is 26.3. The zero-order valence-corrected chi connectivity index (χ0v) is 17.8. The predicted octanol–water partition coefficient (Wildman–Crippen LogP) is 0.133. The fourth-order valence-corrected chi connectivity index (χ4v) is 6.12. The highest BCUT2D eigenvalue weighted by Crippen LogP contribution is 2.26. The van der Waals surface area contributed by atoms with Crippen LogP contribution >= 0.6 is 0 Å². The number of nitrogens with one attached hydrogen (secondary N) is 1. The van der Waals surface area contributed by atoms with Gasteiger partial charge in [0.25, 0.3) is 5.91 Å². The second kappa shape index (κ2) is 7.91. The van der Waals surface area contributed by atoms with Crippen LogP contribution in [0.4, 0.5) is 0 Å². The molecule has 0 bridgehead atoms. The lowest BCUT2D eigenvalue weighted by atomic mass is 10.0. The van der Waals surface area contributed by atoms with Crippen LogP contribution in [0.1, 0.15) is 49.2 Å². The minimum atomic E-state index is -2.94. The Morgan fingerprint density at radius 1 is 1.30 bits per heavy atom. The van der Waals surface area contributed by atoms with Gasteiger partial charge >= 0.3 is 0 Å². The van der Waals surface area contributed by atoms with E-state index in [4.69, 9.17) is 0 Å². The molecule has 1 amide bonds. The van der Waals surface area contributed by atoms with Crippen molar-refractivity contribution < 1.29 is 18.1 Å². The highest BCUT2D eigenvalue weighted by molar-refractivity contribution is 7.91. The van der Waals surface area contributed by atoms with E-state index in [1.54, 1.807) is 0 Å². The van der Waals surface area contributed by atoms with Crippen LogP contribution in [0.2, 0.25) is 0 Å². The van der Waals surface area contributed by atoms with E-state index in [2.05, 4.69) is 12.0 Å². The molecule has 7 nitrogen and oxygen atoms in total. The molecule has 1 N–H and O–H groups in total. The summed E-state index contributed by atoms with van der Waals surface area (Å²) < 4.78 is 25.5. The molecule has 1 aromatic heterocycles. The summed E-state index contributed by atoms with van der Waals surface area (Å²) in [6.07, 6.45) is 2.94. The average molecular weight is 398 g/mol. The maximum atomic E-state index is 12.6. The topological polar surface area (TPSA) is 76.7 Å². The Labute approximate surface area is 162 Å². The fourth-order valence-electron chi connectivity index (χ4n) is 4.43. The van der Waals surface area contributed by atoms with Gasteiger partial charge in [0.1, 0.15) is 6.54 Å². The molecule has 2 saturated heterocycles. The molecular weight excluding hydrogens is 364 g/mol. The zero-order valence-electron chi connectivity index (χ0n) is 17.0. The molecule has 1 aromatic rings. The number of sulfone groups is 1. The van der Waals surface area contributed by atoms with E-state index < -0.39 is 9.84 Å². The maximum Gasteiger partial charge on any atom is 0.277 e. The van der Waals surface area contributed by atoms with Gasteiger partial charge < -0.3 is 9.80 Å². The molecule has 0 spiro atoms. The Hall–Kier alpha value is -1.41. The van der Waals surface area contributed by atoms with Gasteiger partial charge in [0, 0.05) is 18.8 Å². The first kappa shape index (κ1) is 20.3. The molecule has 1 unspecified atom stereocenters. The van der Waals surface area contributed by atoms with Crippen LogP contribution in [0.25, 0.3) is 0 Å². The van der Waals surface area contributed by atoms with Gasteiger partial charge in [0.2, 0.25) is 0 Å². The highest BCUT2D eigenvalue weighted by Gasteiger charge is 2.32. The lowest BCUT2D eigenvalue weighted by Crippen LogP contribution is -3.09. The lowest BCUT2D eigenvalue weighted by molar-refractivity contribution is -0.885. The minimum absolute atomic E-state index is 0.0563. The van der Waals surface area contributed by atoms with Gasteiger partial charge in [-0.1, -0.05) is 6.92 Å². The number of likely N-dealkylation sites (N-methyl/N-ethyl adjacent to an activating group) is 1. The number of quaternary nitrogens is 1. The molecule has 0 aliphatic carbocycles. The number of carbonyl (C=O) groups excluding carboxylic acids is 1. The number of nitrogens with zero attached hydrogens (tertiary/aromatic N) is 3. The van der Waals surface area contributed by atoms with Crippen molar-refractivity contribution in [2.45, 2.75) is 52.6 Å². The Kier molecular flexibility index (Phi) is 5.96. The number of carbonyl (C=O) groups is 1. The third-order valence-corrected chi connectivity index (χ3v) is 7.72. The molecule has 3 atom stereocenters. The van der Waals surface area contributed by atoms with Crippen LogP contribution in [0.15, 0.2) is 0 Å². The second-order valence-corrected chi connectivity index (χ2v) is 10.8. The molecule has 3 heterocycles. The van der Waals surface area contributed by atoms with Crippen molar-refractivity contribution in [1.82, 2.24) is 14.7 Å². The summed E-state index contributed by atoms with van der Waals surface area (Å²) >= 11 is 0. The third kappa shape index (κ3) is 4.71. The molecule has 27 heavy (non-hydrogen) atoms. The first-order valence-electron chi connectivity index (χ1n) is 10.0. The zero-order chi connectivity index (χ0) is 19.8. The molecule has 152 valence electrons. The van der Waals surface area contributed by atoms with E-state index in [1.165, 1.54) is 6.42 Å². The van der Waals surface area contributed by atoms with Crippen molar-refractivity contribution in [2.24, 2.45) is 5.92 Å². The molecule has 2 aliphatic rings. The maximum absolute atomic E-state index is 12.6. The first-order chi connectivity index (χ1) is 12.7. The van der Waals surface area contributed by atoms with Gasteiger partial charge in [-0.25, -0.2) is 8.42 Å².